The van der Waals surface area contributed by atoms with Crippen molar-refractivity contribution >= 4 is 51.9 Å². The fraction of sp³-hybridized carbons (Fsp3) is 0.320. The molecule has 4 rings (SSSR count). The SMILES string of the molecule is CC(C)c1ccc(C=C2SC(=S)N(CC(=O)N3CCN(c4ccccc4)CC3)C2=O)cc1. The van der Waals surface area contributed by atoms with Crippen molar-refractivity contribution in [1.82, 2.24) is 9.80 Å². The minimum absolute atomic E-state index is 0.000366. The Balaban J connectivity index is 1.35. The van der Waals surface area contributed by atoms with E-state index in [0.717, 1.165) is 18.7 Å². The summed E-state index contributed by atoms with van der Waals surface area (Å²) in [5.74, 6) is 0.212. The van der Waals surface area contributed by atoms with E-state index in [1.54, 1.807) is 0 Å². The maximum Gasteiger partial charge on any atom is 0.266 e. The summed E-state index contributed by atoms with van der Waals surface area (Å²) in [7, 11) is 0. The molecule has 166 valence electrons. The summed E-state index contributed by atoms with van der Waals surface area (Å²) >= 11 is 6.68. The maximum absolute atomic E-state index is 12.9. The molecular formula is C25H27N3O2S2. The summed E-state index contributed by atoms with van der Waals surface area (Å²) in [6.45, 7) is 7.14. The van der Waals surface area contributed by atoms with Gasteiger partial charge in [0, 0.05) is 31.9 Å². The molecule has 0 radical (unpaired) electrons. The second kappa shape index (κ2) is 9.88. The van der Waals surface area contributed by atoms with Crippen LogP contribution in [0.2, 0.25) is 0 Å². The molecule has 0 aliphatic carbocycles. The molecule has 2 fully saturated rings. The van der Waals surface area contributed by atoms with Crippen molar-refractivity contribution < 1.29 is 9.59 Å². The molecule has 2 aliphatic rings. The predicted molar refractivity (Wildman–Crippen MR) is 136 cm³/mol. The predicted octanol–water partition coefficient (Wildman–Crippen LogP) is 4.36. The Morgan fingerprint density at radius 3 is 2.31 bits per heavy atom. The second-order valence-electron chi connectivity index (χ2n) is 8.29. The number of anilines is 1. The minimum atomic E-state index is -0.191. The van der Waals surface area contributed by atoms with E-state index < -0.39 is 0 Å². The standard InChI is InChI=1S/C25H27N3O2S2/c1-18(2)20-10-8-19(9-11-20)16-22-24(30)28(25(31)32-22)17-23(29)27-14-12-26(13-15-27)21-6-4-3-5-7-21/h3-11,16,18H,12-15,17H2,1-2H3. The molecule has 2 saturated heterocycles. The van der Waals surface area contributed by atoms with Gasteiger partial charge in [0.25, 0.3) is 5.91 Å². The number of nitrogens with zero attached hydrogens (tertiary/aromatic N) is 3. The summed E-state index contributed by atoms with van der Waals surface area (Å²) in [5.41, 5.74) is 3.38. The largest absolute Gasteiger partial charge is 0.368 e. The van der Waals surface area contributed by atoms with Crippen LogP contribution in [0.15, 0.2) is 59.5 Å². The lowest BCUT2D eigenvalue weighted by atomic mass is 10.0. The third kappa shape index (κ3) is 5.05. The molecule has 2 aromatic carbocycles. The zero-order valence-electron chi connectivity index (χ0n) is 18.4. The molecule has 0 unspecified atom stereocenters. The van der Waals surface area contributed by atoms with Crippen LogP contribution >= 0.6 is 24.0 Å². The van der Waals surface area contributed by atoms with Gasteiger partial charge in [0.05, 0.1) is 4.91 Å². The molecule has 2 amide bonds. The van der Waals surface area contributed by atoms with Crippen LogP contribution in [0.5, 0.6) is 0 Å². The van der Waals surface area contributed by atoms with Gasteiger partial charge >= 0.3 is 0 Å². The molecule has 0 spiro atoms. The molecule has 0 aromatic heterocycles. The molecule has 2 aliphatic heterocycles. The van der Waals surface area contributed by atoms with Crippen molar-refractivity contribution in [3.05, 3.63) is 70.6 Å². The molecule has 0 N–H and O–H groups in total. The van der Waals surface area contributed by atoms with Crippen molar-refractivity contribution in [2.24, 2.45) is 0 Å². The first-order valence-corrected chi connectivity index (χ1v) is 12.1. The number of carbonyl (C=O) groups excluding carboxylic acids is 2. The van der Waals surface area contributed by atoms with Crippen LogP contribution in [0.3, 0.4) is 0 Å². The van der Waals surface area contributed by atoms with E-state index >= 15 is 0 Å². The van der Waals surface area contributed by atoms with Crippen molar-refractivity contribution in [2.75, 3.05) is 37.6 Å². The van der Waals surface area contributed by atoms with Gasteiger partial charge in [-0.1, -0.05) is 80.3 Å². The normalized spacial score (nSPS) is 18.2. The number of thiocarbonyl (C=S) groups is 1. The average Bonchev–Trinajstić information content (AvgIpc) is 3.07. The smallest absolute Gasteiger partial charge is 0.266 e. The quantitative estimate of drug-likeness (QED) is 0.485. The van der Waals surface area contributed by atoms with Gasteiger partial charge < -0.3 is 9.80 Å². The zero-order valence-corrected chi connectivity index (χ0v) is 20.0. The van der Waals surface area contributed by atoms with Gasteiger partial charge in [0.15, 0.2) is 0 Å². The monoisotopic (exact) mass is 465 g/mol. The number of benzene rings is 2. The maximum atomic E-state index is 12.9. The number of hydrogen-bond acceptors (Lipinski definition) is 5. The summed E-state index contributed by atoms with van der Waals surface area (Å²) in [6.07, 6.45) is 1.85. The van der Waals surface area contributed by atoms with E-state index in [-0.39, 0.29) is 18.4 Å². The number of thioether (sulfide) groups is 1. The van der Waals surface area contributed by atoms with Crippen molar-refractivity contribution in [2.45, 2.75) is 19.8 Å². The number of piperazine rings is 1. The van der Waals surface area contributed by atoms with E-state index in [9.17, 15) is 9.59 Å². The van der Waals surface area contributed by atoms with Gasteiger partial charge in [-0.05, 0) is 35.3 Å². The van der Waals surface area contributed by atoms with Crippen LogP contribution in [0.4, 0.5) is 5.69 Å². The van der Waals surface area contributed by atoms with Gasteiger partial charge in [-0.2, -0.15) is 0 Å². The third-order valence-electron chi connectivity index (χ3n) is 5.82. The van der Waals surface area contributed by atoms with Crippen molar-refractivity contribution in [3.63, 3.8) is 0 Å². The highest BCUT2D eigenvalue weighted by molar-refractivity contribution is 8.26. The second-order valence-corrected chi connectivity index (χ2v) is 9.97. The van der Waals surface area contributed by atoms with Gasteiger partial charge in [0.1, 0.15) is 10.9 Å². The fourth-order valence-electron chi connectivity index (χ4n) is 3.85. The lowest BCUT2D eigenvalue weighted by Gasteiger charge is -2.36. The Kier molecular flexibility index (Phi) is 6.96. The Morgan fingerprint density at radius 1 is 1.03 bits per heavy atom. The molecule has 2 heterocycles. The molecule has 7 heteroatoms. The zero-order chi connectivity index (χ0) is 22.7. The third-order valence-corrected chi connectivity index (χ3v) is 7.20. The first-order valence-electron chi connectivity index (χ1n) is 10.9. The lowest BCUT2D eigenvalue weighted by molar-refractivity contribution is -0.135. The minimum Gasteiger partial charge on any atom is -0.368 e. The molecule has 5 nitrogen and oxygen atoms in total. The van der Waals surface area contributed by atoms with Crippen LogP contribution < -0.4 is 4.90 Å². The summed E-state index contributed by atoms with van der Waals surface area (Å²) in [5, 5.41) is 0. The Labute approximate surface area is 199 Å². The van der Waals surface area contributed by atoms with Gasteiger partial charge in [-0.25, -0.2) is 0 Å². The lowest BCUT2D eigenvalue weighted by Crippen LogP contribution is -2.51. The van der Waals surface area contributed by atoms with Crippen molar-refractivity contribution in [3.8, 4) is 0 Å². The molecule has 2 aromatic rings. The molecule has 0 saturated carbocycles. The number of amides is 2. The number of carbonyl (C=O) groups is 2. The van der Waals surface area contributed by atoms with E-state index in [1.165, 1.54) is 27.9 Å². The van der Waals surface area contributed by atoms with Gasteiger partial charge in [-0.3, -0.25) is 14.5 Å². The summed E-state index contributed by atoms with van der Waals surface area (Å²) in [6, 6.07) is 18.4. The van der Waals surface area contributed by atoms with E-state index in [0.29, 0.717) is 28.2 Å². The highest BCUT2D eigenvalue weighted by Gasteiger charge is 2.35. The van der Waals surface area contributed by atoms with Crippen molar-refractivity contribution in [1.29, 1.82) is 0 Å². The Bertz CT molecular complexity index is 1030. The number of rotatable bonds is 5. The number of para-hydroxylation sites is 1. The van der Waals surface area contributed by atoms with Crippen LogP contribution in [0.25, 0.3) is 6.08 Å². The first-order chi connectivity index (χ1) is 15.4. The Hall–Kier alpha value is -2.64. The summed E-state index contributed by atoms with van der Waals surface area (Å²) in [4.78, 5) is 31.9. The van der Waals surface area contributed by atoms with Gasteiger partial charge in [0.2, 0.25) is 5.91 Å². The molecular weight excluding hydrogens is 438 g/mol. The van der Waals surface area contributed by atoms with Crippen LogP contribution in [-0.2, 0) is 9.59 Å². The van der Waals surface area contributed by atoms with E-state index in [1.807, 2.05) is 41.3 Å². The van der Waals surface area contributed by atoms with Gasteiger partial charge in [-0.15, -0.1) is 0 Å². The van der Waals surface area contributed by atoms with E-state index in [4.69, 9.17) is 12.2 Å². The summed E-state index contributed by atoms with van der Waals surface area (Å²) < 4.78 is 0.441. The highest BCUT2D eigenvalue weighted by Crippen LogP contribution is 2.32. The molecule has 32 heavy (non-hydrogen) atoms. The molecule has 0 bridgehead atoms. The molecule has 0 atom stereocenters. The number of hydrogen-bond donors (Lipinski definition) is 0. The van der Waals surface area contributed by atoms with Crippen LogP contribution in [0, 0.1) is 0 Å². The van der Waals surface area contributed by atoms with Crippen LogP contribution in [-0.4, -0.2) is 58.7 Å². The topological polar surface area (TPSA) is 43.9 Å². The Morgan fingerprint density at radius 2 is 1.69 bits per heavy atom. The fourth-order valence-corrected chi connectivity index (χ4v) is 5.11. The van der Waals surface area contributed by atoms with Crippen LogP contribution in [0.1, 0.15) is 30.9 Å². The first kappa shape index (κ1) is 22.6. The average molecular weight is 466 g/mol. The van der Waals surface area contributed by atoms with E-state index in [2.05, 4.69) is 43.0 Å². The highest BCUT2D eigenvalue weighted by atomic mass is 32.2.